The minimum Gasteiger partial charge on any atom is -0.336 e. The van der Waals surface area contributed by atoms with E-state index in [1.165, 1.54) is 38.5 Å². The fraction of sp³-hybridized carbons (Fsp3) is 1.00. The highest BCUT2D eigenvalue weighted by molar-refractivity contribution is 4.83. The van der Waals surface area contributed by atoms with Crippen LogP contribution in [0.25, 0.3) is 0 Å². The number of nitrogens with zero attached hydrogens (tertiary/aromatic N) is 1. The van der Waals surface area contributed by atoms with E-state index in [1.807, 2.05) is 0 Å². The molecule has 6 atom stereocenters. The lowest BCUT2D eigenvalue weighted by molar-refractivity contribution is -0.280. The third kappa shape index (κ3) is 5.94. The molecule has 2 fully saturated rings. The Kier molecular flexibility index (Phi) is 8.43. The van der Waals surface area contributed by atoms with Gasteiger partial charge in [0.2, 0.25) is 6.41 Å². The lowest BCUT2D eigenvalue weighted by atomic mass is 9.75. The number of hydrogen-bond donors (Lipinski definition) is 0. The smallest absolute Gasteiger partial charge is 0.218 e. The van der Waals surface area contributed by atoms with Crippen molar-refractivity contribution in [1.82, 2.24) is 4.90 Å². The van der Waals surface area contributed by atoms with Crippen molar-refractivity contribution in [2.45, 2.75) is 98.7 Å². The van der Waals surface area contributed by atoms with Crippen LogP contribution in [-0.4, -0.2) is 37.6 Å². The van der Waals surface area contributed by atoms with E-state index in [0.29, 0.717) is 35.9 Å². The minimum atomic E-state index is -0.219. The molecule has 0 aromatic rings. The van der Waals surface area contributed by atoms with Crippen LogP contribution in [-0.2, 0) is 9.47 Å². The maximum atomic E-state index is 6.67. The first-order chi connectivity index (χ1) is 12.2. The number of rotatable bonds is 7. The fourth-order valence-corrected chi connectivity index (χ4v) is 5.12. The Labute approximate surface area is 163 Å². The lowest BCUT2D eigenvalue weighted by Gasteiger charge is -2.43. The van der Waals surface area contributed by atoms with Crippen LogP contribution >= 0.6 is 0 Å². The highest BCUT2D eigenvalue weighted by Crippen LogP contribution is 2.38. The minimum absolute atomic E-state index is 0.219. The summed E-state index contributed by atoms with van der Waals surface area (Å²) in [6.45, 7) is 14.1. The molecule has 0 spiro atoms. The molecule has 0 aliphatic heterocycles. The van der Waals surface area contributed by atoms with Gasteiger partial charge >= 0.3 is 0 Å². The van der Waals surface area contributed by atoms with Crippen molar-refractivity contribution in [3.63, 3.8) is 0 Å². The maximum Gasteiger partial charge on any atom is 0.218 e. The molecular weight excluding hydrogens is 322 g/mol. The quantitative estimate of drug-likeness (QED) is 0.532. The van der Waals surface area contributed by atoms with Crippen molar-refractivity contribution in [3.05, 3.63) is 0 Å². The molecule has 2 saturated carbocycles. The van der Waals surface area contributed by atoms with Gasteiger partial charge in [0, 0.05) is 0 Å². The van der Waals surface area contributed by atoms with E-state index in [2.05, 4.69) is 60.5 Å². The van der Waals surface area contributed by atoms with Crippen LogP contribution in [0.1, 0.15) is 80.1 Å². The van der Waals surface area contributed by atoms with Gasteiger partial charge in [0.15, 0.2) is 0 Å². The van der Waals surface area contributed by atoms with E-state index in [0.717, 1.165) is 11.8 Å². The zero-order valence-corrected chi connectivity index (χ0v) is 18.7. The molecule has 0 aromatic heterocycles. The zero-order valence-electron chi connectivity index (χ0n) is 18.7. The molecule has 0 heterocycles. The van der Waals surface area contributed by atoms with Gasteiger partial charge in [0.05, 0.1) is 12.2 Å². The van der Waals surface area contributed by atoms with Crippen LogP contribution in [0.4, 0.5) is 0 Å². The molecule has 0 aromatic carbocycles. The standard InChI is InChI=1S/C23H45NO2/c1-15(2)19-11-9-17(5)13-21(19)25-23(24(7)8)26-22-14-18(6)10-12-20(22)16(3)4/h15-23H,9-14H2,1-8H3. The van der Waals surface area contributed by atoms with Crippen LogP contribution in [0, 0.1) is 35.5 Å². The van der Waals surface area contributed by atoms with E-state index in [4.69, 9.17) is 9.47 Å². The first-order valence-corrected chi connectivity index (χ1v) is 11.2. The molecule has 6 unspecified atom stereocenters. The summed E-state index contributed by atoms with van der Waals surface area (Å²) in [5.74, 6) is 4.18. The van der Waals surface area contributed by atoms with Gasteiger partial charge in [0.1, 0.15) is 0 Å². The van der Waals surface area contributed by atoms with Gasteiger partial charge in [-0.15, -0.1) is 0 Å². The molecule has 0 amide bonds. The van der Waals surface area contributed by atoms with Crippen LogP contribution in [0.3, 0.4) is 0 Å². The predicted octanol–water partition coefficient (Wildman–Crippen LogP) is 5.79. The predicted molar refractivity (Wildman–Crippen MR) is 110 cm³/mol. The normalized spacial score (nSPS) is 37.5. The average Bonchev–Trinajstić information content (AvgIpc) is 2.53. The van der Waals surface area contributed by atoms with Crippen molar-refractivity contribution in [3.8, 4) is 0 Å². The van der Waals surface area contributed by atoms with Gasteiger partial charge in [-0.1, -0.05) is 54.4 Å². The Morgan fingerprint density at radius 1 is 0.692 bits per heavy atom. The van der Waals surface area contributed by atoms with E-state index in [9.17, 15) is 0 Å². The summed E-state index contributed by atoms with van der Waals surface area (Å²) in [4.78, 5) is 2.13. The topological polar surface area (TPSA) is 21.7 Å². The van der Waals surface area contributed by atoms with E-state index in [-0.39, 0.29) is 6.41 Å². The maximum absolute atomic E-state index is 6.67. The van der Waals surface area contributed by atoms with Gasteiger partial charge in [-0.25, -0.2) is 0 Å². The first kappa shape index (κ1) is 22.2. The van der Waals surface area contributed by atoms with Crippen molar-refractivity contribution in [1.29, 1.82) is 0 Å². The third-order valence-electron chi connectivity index (χ3n) is 6.93. The van der Waals surface area contributed by atoms with Gasteiger partial charge in [-0.3, -0.25) is 4.90 Å². The highest BCUT2D eigenvalue weighted by Gasteiger charge is 2.37. The van der Waals surface area contributed by atoms with Gasteiger partial charge < -0.3 is 9.47 Å². The first-order valence-electron chi connectivity index (χ1n) is 11.2. The highest BCUT2D eigenvalue weighted by atomic mass is 16.7. The van der Waals surface area contributed by atoms with Crippen LogP contribution < -0.4 is 0 Å². The summed E-state index contributed by atoms with van der Waals surface area (Å²) >= 11 is 0. The van der Waals surface area contributed by atoms with E-state index in [1.54, 1.807) is 0 Å². The molecule has 0 radical (unpaired) electrons. The summed E-state index contributed by atoms with van der Waals surface area (Å²) in [7, 11) is 4.19. The third-order valence-corrected chi connectivity index (χ3v) is 6.93. The second-order valence-electron chi connectivity index (χ2n) is 10.3. The molecule has 3 nitrogen and oxygen atoms in total. The number of ether oxygens (including phenoxy) is 2. The summed E-state index contributed by atoms with van der Waals surface area (Å²) in [5, 5.41) is 0. The summed E-state index contributed by atoms with van der Waals surface area (Å²) in [6.07, 6.45) is 8.03. The van der Waals surface area contributed by atoms with Crippen LogP contribution in [0.2, 0.25) is 0 Å². The van der Waals surface area contributed by atoms with Crippen molar-refractivity contribution in [2.75, 3.05) is 14.1 Å². The Balaban J connectivity index is 2.06. The molecule has 3 heteroatoms. The van der Waals surface area contributed by atoms with E-state index < -0.39 is 0 Å². The summed E-state index contributed by atoms with van der Waals surface area (Å²) in [5.41, 5.74) is 0. The number of hydrogen-bond acceptors (Lipinski definition) is 3. The van der Waals surface area contributed by atoms with Gasteiger partial charge in [-0.2, -0.15) is 0 Å². The lowest BCUT2D eigenvalue weighted by Crippen LogP contribution is -2.46. The van der Waals surface area contributed by atoms with Crippen LogP contribution in [0.15, 0.2) is 0 Å². The molecule has 0 bridgehead atoms. The van der Waals surface area contributed by atoms with Crippen molar-refractivity contribution >= 4 is 0 Å². The molecular formula is C23H45NO2. The Bertz CT molecular complexity index is 375. The Morgan fingerprint density at radius 2 is 1.08 bits per heavy atom. The Morgan fingerprint density at radius 3 is 1.38 bits per heavy atom. The largest absolute Gasteiger partial charge is 0.336 e. The van der Waals surface area contributed by atoms with Crippen LogP contribution in [0.5, 0.6) is 0 Å². The summed E-state index contributed by atoms with van der Waals surface area (Å²) in [6, 6.07) is 0. The molecule has 2 aliphatic carbocycles. The van der Waals surface area contributed by atoms with Crippen molar-refractivity contribution in [2.24, 2.45) is 35.5 Å². The average molecular weight is 368 g/mol. The Hall–Kier alpha value is -0.120. The molecule has 2 aliphatic rings. The molecule has 0 saturated heterocycles. The monoisotopic (exact) mass is 367 g/mol. The second kappa shape index (κ2) is 9.89. The summed E-state index contributed by atoms with van der Waals surface area (Å²) < 4.78 is 13.3. The fourth-order valence-electron chi connectivity index (χ4n) is 5.12. The van der Waals surface area contributed by atoms with Crippen molar-refractivity contribution < 1.29 is 9.47 Å². The SMILES string of the molecule is CC1CCC(C(C)C)C(OC(OC2CC(C)CCC2C(C)C)N(C)C)C1. The van der Waals surface area contributed by atoms with E-state index >= 15 is 0 Å². The molecule has 26 heavy (non-hydrogen) atoms. The second-order valence-corrected chi connectivity index (χ2v) is 10.3. The van der Waals surface area contributed by atoms with Gasteiger partial charge in [-0.05, 0) is 75.3 Å². The molecule has 0 N–H and O–H groups in total. The zero-order chi connectivity index (χ0) is 19.4. The molecule has 154 valence electrons. The molecule has 2 rings (SSSR count). The van der Waals surface area contributed by atoms with Gasteiger partial charge in [0.25, 0.3) is 0 Å².